The fourth-order valence-electron chi connectivity index (χ4n) is 1.65. The minimum Gasteiger partial charge on any atom is -0.284 e. The average Bonchev–Trinajstić information content (AvgIpc) is 2.40. The first-order valence-electron chi connectivity index (χ1n) is 6.02. The van der Waals surface area contributed by atoms with Crippen molar-refractivity contribution in [3.63, 3.8) is 0 Å². The molecular formula is C13H13BrN2O4S2. The van der Waals surface area contributed by atoms with Crippen molar-refractivity contribution in [1.82, 2.24) is 0 Å². The van der Waals surface area contributed by atoms with Gasteiger partial charge in [0.2, 0.25) is 10.0 Å². The molecule has 9 heteroatoms. The molecule has 0 spiro atoms. The molecule has 2 aromatic carbocycles. The number of anilines is 2. The number of benzene rings is 2. The highest BCUT2D eigenvalue weighted by Crippen LogP contribution is 2.20. The van der Waals surface area contributed by atoms with Gasteiger partial charge in [0.25, 0.3) is 10.0 Å². The Labute approximate surface area is 137 Å². The van der Waals surface area contributed by atoms with Crippen LogP contribution < -0.4 is 9.44 Å². The van der Waals surface area contributed by atoms with Gasteiger partial charge in [-0.05, 0) is 48.5 Å². The van der Waals surface area contributed by atoms with Crippen LogP contribution in [0.3, 0.4) is 0 Å². The van der Waals surface area contributed by atoms with Crippen LogP contribution in [0.25, 0.3) is 0 Å². The summed E-state index contributed by atoms with van der Waals surface area (Å²) in [6.45, 7) is 0. The van der Waals surface area contributed by atoms with E-state index in [4.69, 9.17) is 0 Å². The van der Waals surface area contributed by atoms with Gasteiger partial charge in [0.05, 0.1) is 11.2 Å². The summed E-state index contributed by atoms with van der Waals surface area (Å²) in [4.78, 5) is 0.0365. The quantitative estimate of drug-likeness (QED) is 0.800. The van der Waals surface area contributed by atoms with Crippen molar-refractivity contribution in [3.05, 3.63) is 53.0 Å². The van der Waals surface area contributed by atoms with Crippen molar-refractivity contribution in [2.45, 2.75) is 4.90 Å². The number of sulfonamides is 2. The maximum atomic E-state index is 12.2. The first kappa shape index (κ1) is 16.8. The number of nitrogens with one attached hydrogen (secondary N) is 2. The first-order valence-corrected chi connectivity index (χ1v) is 10.2. The fraction of sp³-hybridized carbons (Fsp3) is 0.0769. The molecule has 0 unspecified atom stereocenters. The number of hydrogen-bond acceptors (Lipinski definition) is 4. The molecular weight excluding hydrogens is 392 g/mol. The summed E-state index contributed by atoms with van der Waals surface area (Å²) in [6, 6.07) is 12.1. The summed E-state index contributed by atoms with van der Waals surface area (Å²) in [7, 11) is -7.13. The van der Waals surface area contributed by atoms with Crippen molar-refractivity contribution < 1.29 is 16.8 Å². The van der Waals surface area contributed by atoms with E-state index in [1.165, 1.54) is 24.3 Å². The molecule has 0 radical (unpaired) electrons. The second-order valence-corrected chi connectivity index (χ2v) is 8.86. The summed E-state index contributed by atoms with van der Waals surface area (Å²) >= 11 is 3.27. The summed E-state index contributed by atoms with van der Waals surface area (Å²) < 4.78 is 52.2. The van der Waals surface area contributed by atoms with E-state index in [0.717, 1.165) is 10.7 Å². The standard InChI is InChI=1S/C13H13BrN2O4S2/c1-21(17,18)15-11-6-8-13(9-7-11)22(19,20)16-12-4-2-10(14)3-5-12/h2-9,15-16H,1H3. The van der Waals surface area contributed by atoms with E-state index in [1.54, 1.807) is 24.3 Å². The maximum Gasteiger partial charge on any atom is 0.261 e. The van der Waals surface area contributed by atoms with E-state index in [2.05, 4.69) is 25.4 Å². The Morgan fingerprint density at radius 2 is 1.23 bits per heavy atom. The van der Waals surface area contributed by atoms with Crippen molar-refractivity contribution >= 4 is 47.4 Å². The van der Waals surface area contributed by atoms with Crippen LogP contribution in [-0.2, 0) is 20.0 Å². The Morgan fingerprint density at radius 1 is 0.773 bits per heavy atom. The summed E-state index contributed by atoms with van der Waals surface area (Å²) in [6.07, 6.45) is 1.02. The fourth-order valence-corrected chi connectivity index (χ4v) is 3.54. The molecule has 2 rings (SSSR count). The molecule has 0 aromatic heterocycles. The van der Waals surface area contributed by atoms with E-state index in [0.29, 0.717) is 11.4 Å². The molecule has 22 heavy (non-hydrogen) atoms. The van der Waals surface area contributed by atoms with Crippen LogP contribution in [0, 0.1) is 0 Å². The Bertz CT molecular complexity index is 861. The molecule has 6 nitrogen and oxygen atoms in total. The maximum absolute atomic E-state index is 12.2. The van der Waals surface area contributed by atoms with Gasteiger partial charge in [0, 0.05) is 15.8 Å². The molecule has 0 aliphatic carbocycles. The van der Waals surface area contributed by atoms with Gasteiger partial charge in [-0.2, -0.15) is 0 Å². The molecule has 0 aliphatic heterocycles. The highest BCUT2D eigenvalue weighted by atomic mass is 79.9. The molecule has 0 atom stereocenters. The largest absolute Gasteiger partial charge is 0.284 e. The average molecular weight is 405 g/mol. The molecule has 2 aromatic rings. The van der Waals surface area contributed by atoms with Gasteiger partial charge in [0.15, 0.2) is 0 Å². The van der Waals surface area contributed by atoms with E-state index in [1.807, 2.05) is 0 Å². The summed E-state index contributed by atoms with van der Waals surface area (Å²) in [5, 5.41) is 0. The molecule has 0 bridgehead atoms. The lowest BCUT2D eigenvalue weighted by Crippen LogP contribution is -2.13. The molecule has 0 aliphatic rings. The lowest BCUT2D eigenvalue weighted by molar-refractivity contribution is 0.601. The Balaban J connectivity index is 2.21. The normalized spacial score (nSPS) is 11.9. The van der Waals surface area contributed by atoms with Crippen LogP contribution in [0.1, 0.15) is 0 Å². The second kappa shape index (κ2) is 6.27. The highest BCUT2D eigenvalue weighted by Gasteiger charge is 2.14. The van der Waals surface area contributed by atoms with Gasteiger partial charge in [-0.1, -0.05) is 15.9 Å². The third-order valence-corrected chi connectivity index (χ3v) is 5.10. The third-order valence-electron chi connectivity index (χ3n) is 2.56. The van der Waals surface area contributed by atoms with Gasteiger partial charge < -0.3 is 0 Å². The van der Waals surface area contributed by atoms with Gasteiger partial charge in [0.1, 0.15) is 0 Å². The zero-order valence-corrected chi connectivity index (χ0v) is 14.7. The summed E-state index contributed by atoms with van der Waals surface area (Å²) in [5.74, 6) is 0. The van der Waals surface area contributed by atoms with Crippen LogP contribution in [0.5, 0.6) is 0 Å². The number of halogens is 1. The molecule has 0 amide bonds. The van der Waals surface area contributed by atoms with E-state index >= 15 is 0 Å². The van der Waals surface area contributed by atoms with Gasteiger partial charge in [-0.15, -0.1) is 0 Å². The molecule has 0 saturated carbocycles. The predicted molar refractivity (Wildman–Crippen MR) is 89.9 cm³/mol. The lowest BCUT2D eigenvalue weighted by atomic mass is 10.3. The van der Waals surface area contributed by atoms with Gasteiger partial charge in [-0.3, -0.25) is 9.44 Å². The Morgan fingerprint density at radius 3 is 1.73 bits per heavy atom. The Kier molecular flexibility index (Phi) is 4.78. The second-order valence-electron chi connectivity index (χ2n) is 4.51. The Hall–Kier alpha value is -1.58. The predicted octanol–water partition coefficient (Wildman–Crippen LogP) is 2.62. The van der Waals surface area contributed by atoms with Crippen molar-refractivity contribution in [2.24, 2.45) is 0 Å². The molecule has 2 N–H and O–H groups in total. The topological polar surface area (TPSA) is 92.3 Å². The van der Waals surface area contributed by atoms with Crippen LogP contribution in [0.15, 0.2) is 57.9 Å². The van der Waals surface area contributed by atoms with Crippen LogP contribution >= 0.6 is 15.9 Å². The van der Waals surface area contributed by atoms with Gasteiger partial charge >= 0.3 is 0 Å². The number of rotatable bonds is 5. The monoisotopic (exact) mass is 404 g/mol. The third kappa shape index (κ3) is 4.72. The molecule has 0 heterocycles. The summed E-state index contributed by atoms with van der Waals surface area (Å²) in [5.41, 5.74) is 0.728. The molecule has 118 valence electrons. The van der Waals surface area contributed by atoms with Crippen molar-refractivity contribution in [2.75, 3.05) is 15.7 Å². The zero-order valence-electron chi connectivity index (χ0n) is 11.4. The minimum atomic E-state index is -3.73. The zero-order chi connectivity index (χ0) is 16.4. The number of hydrogen-bond donors (Lipinski definition) is 2. The lowest BCUT2D eigenvalue weighted by Gasteiger charge is -2.09. The van der Waals surface area contributed by atoms with E-state index in [-0.39, 0.29) is 4.90 Å². The molecule has 0 fully saturated rings. The van der Waals surface area contributed by atoms with Crippen LogP contribution in [0.4, 0.5) is 11.4 Å². The van der Waals surface area contributed by atoms with Gasteiger partial charge in [-0.25, -0.2) is 16.8 Å². The van der Waals surface area contributed by atoms with E-state index < -0.39 is 20.0 Å². The van der Waals surface area contributed by atoms with Crippen LogP contribution in [0.2, 0.25) is 0 Å². The van der Waals surface area contributed by atoms with Crippen molar-refractivity contribution in [3.8, 4) is 0 Å². The van der Waals surface area contributed by atoms with Crippen molar-refractivity contribution in [1.29, 1.82) is 0 Å². The smallest absolute Gasteiger partial charge is 0.261 e. The minimum absolute atomic E-state index is 0.0365. The van der Waals surface area contributed by atoms with Crippen LogP contribution in [-0.4, -0.2) is 23.1 Å². The molecule has 0 saturated heterocycles. The van der Waals surface area contributed by atoms with E-state index in [9.17, 15) is 16.8 Å². The first-order chi connectivity index (χ1) is 10.2. The highest BCUT2D eigenvalue weighted by molar-refractivity contribution is 9.10. The SMILES string of the molecule is CS(=O)(=O)Nc1ccc(S(=O)(=O)Nc2ccc(Br)cc2)cc1.